The fourth-order valence-electron chi connectivity index (χ4n) is 2.90. The smallest absolute Gasteiger partial charge is 0.337 e. The van der Waals surface area contributed by atoms with Crippen molar-refractivity contribution in [1.29, 1.82) is 0 Å². The summed E-state index contributed by atoms with van der Waals surface area (Å²) in [5.74, 6) is -0.321. The molecule has 7 nitrogen and oxygen atoms in total. The lowest BCUT2D eigenvalue weighted by Crippen LogP contribution is -2.25. The normalized spacial score (nSPS) is 10.1. The first-order chi connectivity index (χ1) is 16.3. The van der Waals surface area contributed by atoms with Crippen molar-refractivity contribution in [3.8, 4) is 0 Å². The van der Waals surface area contributed by atoms with Crippen molar-refractivity contribution in [1.82, 2.24) is 16.0 Å². The number of carbonyl (C=O) groups is 2. The number of nitrogens with one attached hydrogen (secondary N) is 3. The molecule has 190 valence electrons. The quantitative estimate of drug-likeness (QED) is 0.396. The van der Waals surface area contributed by atoms with Crippen LogP contribution in [0.5, 0.6) is 0 Å². The highest BCUT2D eigenvalue weighted by Crippen LogP contribution is 2.06. The van der Waals surface area contributed by atoms with Gasteiger partial charge < -0.3 is 26.4 Å². The molecule has 0 saturated heterocycles. The molecule has 0 bridgehead atoms. The van der Waals surface area contributed by atoms with Gasteiger partial charge in [-0.1, -0.05) is 52.0 Å². The number of hydrogen-bond acceptors (Lipinski definition) is 6. The molecular weight excluding hydrogens is 428 g/mol. The van der Waals surface area contributed by atoms with Crippen LogP contribution in [0, 0.1) is 0 Å². The summed E-state index contributed by atoms with van der Waals surface area (Å²) in [6.07, 6.45) is 1.96. The number of amides is 1. The summed E-state index contributed by atoms with van der Waals surface area (Å²) in [6.45, 7) is 10.4. The highest BCUT2D eigenvalue weighted by Gasteiger charge is 2.04. The maximum absolute atomic E-state index is 11.3. The fraction of sp³-hybridized carbons (Fsp3) is 0.481. The third-order valence-corrected chi connectivity index (χ3v) is 4.75. The largest absolute Gasteiger partial charge is 0.465 e. The Kier molecular flexibility index (Phi) is 17.2. The van der Waals surface area contributed by atoms with Gasteiger partial charge in [0.2, 0.25) is 0 Å². The summed E-state index contributed by atoms with van der Waals surface area (Å²) in [5.41, 5.74) is 8.28. The highest BCUT2D eigenvalue weighted by atomic mass is 16.5. The Morgan fingerprint density at radius 1 is 0.765 bits per heavy atom. The lowest BCUT2D eigenvalue weighted by Gasteiger charge is -2.08. The number of carbonyl (C=O) groups excluding carboxylic acids is 2. The Morgan fingerprint density at radius 3 is 1.47 bits per heavy atom. The topological polar surface area (TPSA) is 105 Å². The minimum atomic E-state index is -0.285. The highest BCUT2D eigenvalue weighted by molar-refractivity contribution is 5.93. The van der Waals surface area contributed by atoms with Gasteiger partial charge in [-0.05, 0) is 68.4 Å². The van der Waals surface area contributed by atoms with E-state index in [1.165, 1.54) is 25.3 Å². The molecule has 0 aliphatic rings. The number of rotatable bonds is 10. The van der Waals surface area contributed by atoms with Crippen LogP contribution < -0.4 is 21.7 Å². The molecule has 34 heavy (non-hydrogen) atoms. The second-order valence-corrected chi connectivity index (χ2v) is 8.18. The molecule has 0 spiro atoms. The average Bonchev–Trinajstić information content (AvgIpc) is 2.85. The van der Waals surface area contributed by atoms with E-state index in [1.54, 1.807) is 19.2 Å². The minimum Gasteiger partial charge on any atom is -0.465 e. The molecule has 0 radical (unpaired) electrons. The van der Waals surface area contributed by atoms with E-state index in [4.69, 9.17) is 0 Å². The summed E-state index contributed by atoms with van der Waals surface area (Å²) in [7, 11) is 4.53. The molecule has 2 rings (SSSR count). The fourth-order valence-corrected chi connectivity index (χ4v) is 2.90. The predicted octanol–water partition coefficient (Wildman–Crippen LogP) is 3.18. The van der Waals surface area contributed by atoms with Crippen LogP contribution in [0.15, 0.2) is 48.5 Å². The molecule has 0 heterocycles. The zero-order chi connectivity index (χ0) is 25.9. The van der Waals surface area contributed by atoms with Gasteiger partial charge in [0, 0.05) is 24.7 Å². The third-order valence-electron chi connectivity index (χ3n) is 4.75. The molecule has 0 unspecified atom stereocenters. The monoisotopic (exact) mass is 472 g/mol. The lowest BCUT2D eigenvalue weighted by atomic mass is 10.1. The van der Waals surface area contributed by atoms with Crippen molar-refractivity contribution in [2.75, 3.05) is 34.3 Å². The number of nitrogens with two attached hydrogens (primary N) is 1. The average molecular weight is 473 g/mol. The predicted molar refractivity (Wildman–Crippen MR) is 141 cm³/mol. The number of hydrogen-bond donors (Lipinski definition) is 4. The van der Waals surface area contributed by atoms with Crippen LogP contribution in [0.1, 0.15) is 59.5 Å². The standard InChI is InChI=1S/C13H20N2O.C13H19NO2.CH5N/c1-10(2)15-9-8-11-4-6-12(7-5-11)13(16)14-3;1-10(2)14-9-8-11-4-6-12(7-5-11)13(15)16-3;1-2/h4-7,10,15H,8-9H2,1-3H3,(H,14,16);4-7,10,14H,8-9H2,1-3H3;2H2,1H3. The van der Waals surface area contributed by atoms with Gasteiger partial charge in [0.25, 0.3) is 5.91 Å². The van der Waals surface area contributed by atoms with Crippen LogP contribution in [0.4, 0.5) is 0 Å². The molecule has 2 aromatic rings. The van der Waals surface area contributed by atoms with E-state index >= 15 is 0 Å². The summed E-state index contributed by atoms with van der Waals surface area (Å²) >= 11 is 0. The maximum atomic E-state index is 11.3. The molecular formula is C27H44N4O3. The first kappa shape index (κ1) is 31.3. The van der Waals surface area contributed by atoms with Crippen molar-refractivity contribution in [3.05, 3.63) is 70.8 Å². The molecule has 0 aromatic heterocycles. The number of esters is 1. The maximum Gasteiger partial charge on any atom is 0.337 e. The molecule has 0 saturated carbocycles. The molecule has 0 aliphatic heterocycles. The Labute approximate surface area is 205 Å². The minimum absolute atomic E-state index is 0.0353. The van der Waals surface area contributed by atoms with Gasteiger partial charge in [0.05, 0.1) is 12.7 Å². The SMILES string of the molecule is CN.CNC(=O)c1ccc(CCNC(C)C)cc1.COC(=O)c1ccc(CCNC(C)C)cc1. The van der Waals surface area contributed by atoms with E-state index in [9.17, 15) is 9.59 Å². The molecule has 1 amide bonds. The van der Waals surface area contributed by atoms with Gasteiger partial charge in [-0.2, -0.15) is 0 Å². The first-order valence-corrected chi connectivity index (χ1v) is 11.8. The number of benzene rings is 2. The molecule has 2 aromatic carbocycles. The van der Waals surface area contributed by atoms with E-state index in [-0.39, 0.29) is 11.9 Å². The van der Waals surface area contributed by atoms with Gasteiger partial charge in [0.1, 0.15) is 0 Å². The van der Waals surface area contributed by atoms with Crippen molar-refractivity contribution < 1.29 is 14.3 Å². The zero-order valence-electron chi connectivity index (χ0n) is 21.9. The third kappa shape index (κ3) is 13.7. The Morgan fingerprint density at radius 2 is 1.15 bits per heavy atom. The Hall–Kier alpha value is -2.74. The van der Waals surface area contributed by atoms with Crippen LogP contribution in [0.25, 0.3) is 0 Å². The van der Waals surface area contributed by atoms with Crippen LogP contribution in [0.3, 0.4) is 0 Å². The Balaban J connectivity index is 0.000000597. The summed E-state index contributed by atoms with van der Waals surface area (Å²) in [6, 6.07) is 16.3. The van der Waals surface area contributed by atoms with E-state index in [2.05, 4.69) is 54.1 Å². The van der Waals surface area contributed by atoms with Crippen molar-refractivity contribution in [2.45, 2.75) is 52.6 Å². The summed E-state index contributed by atoms with van der Waals surface area (Å²) in [5, 5.41) is 9.32. The van der Waals surface area contributed by atoms with Crippen molar-refractivity contribution in [3.63, 3.8) is 0 Å². The Bertz CT molecular complexity index is 734. The van der Waals surface area contributed by atoms with Gasteiger partial charge in [0.15, 0.2) is 0 Å². The first-order valence-electron chi connectivity index (χ1n) is 11.8. The van der Waals surface area contributed by atoms with Crippen LogP contribution in [-0.4, -0.2) is 58.3 Å². The molecule has 0 aliphatic carbocycles. The van der Waals surface area contributed by atoms with E-state index < -0.39 is 0 Å². The van der Waals surface area contributed by atoms with Gasteiger partial charge in [-0.3, -0.25) is 4.79 Å². The lowest BCUT2D eigenvalue weighted by molar-refractivity contribution is 0.0600. The van der Waals surface area contributed by atoms with E-state index in [1.807, 2.05) is 36.4 Å². The molecule has 0 atom stereocenters. The number of methoxy groups -OCH3 is 1. The van der Waals surface area contributed by atoms with Crippen LogP contribution >= 0.6 is 0 Å². The summed E-state index contributed by atoms with van der Waals surface area (Å²) in [4.78, 5) is 22.5. The van der Waals surface area contributed by atoms with Crippen LogP contribution in [0.2, 0.25) is 0 Å². The van der Waals surface area contributed by atoms with Gasteiger partial charge >= 0.3 is 5.97 Å². The molecule has 7 heteroatoms. The van der Waals surface area contributed by atoms with Gasteiger partial charge in [-0.15, -0.1) is 0 Å². The van der Waals surface area contributed by atoms with Crippen molar-refractivity contribution >= 4 is 11.9 Å². The van der Waals surface area contributed by atoms with Gasteiger partial charge in [-0.25, -0.2) is 4.79 Å². The van der Waals surface area contributed by atoms with Crippen LogP contribution in [-0.2, 0) is 17.6 Å². The molecule has 5 N–H and O–H groups in total. The zero-order valence-corrected chi connectivity index (χ0v) is 21.9. The molecule has 0 fully saturated rings. The number of ether oxygens (including phenoxy) is 1. The summed E-state index contributed by atoms with van der Waals surface area (Å²) < 4.78 is 4.64. The second kappa shape index (κ2) is 18.7. The van der Waals surface area contributed by atoms with E-state index in [0.29, 0.717) is 23.2 Å². The second-order valence-electron chi connectivity index (χ2n) is 8.18. The van der Waals surface area contributed by atoms with E-state index in [0.717, 1.165) is 25.9 Å². The van der Waals surface area contributed by atoms with Crippen molar-refractivity contribution in [2.24, 2.45) is 5.73 Å².